The molecule has 1 saturated heterocycles. The fourth-order valence-electron chi connectivity index (χ4n) is 2.28. The molecule has 3 nitrogen and oxygen atoms in total. The van der Waals surface area contributed by atoms with E-state index in [1.54, 1.807) is 0 Å². The molecule has 0 amide bonds. The van der Waals surface area contributed by atoms with E-state index < -0.39 is 0 Å². The van der Waals surface area contributed by atoms with Gasteiger partial charge in [-0.05, 0) is 47.7 Å². The van der Waals surface area contributed by atoms with Gasteiger partial charge < -0.3 is 10.1 Å². The number of hydrogen-bond acceptors (Lipinski definition) is 3. The van der Waals surface area contributed by atoms with Crippen LogP contribution in [0.15, 0.2) is 0 Å². The lowest BCUT2D eigenvalue weighted by Crippen LogP contribution is -2.52. The van der Waals surface area contributed by atoms with Gasteiger partial charge in [-0.2, -0.15) is 0 Å². The van der Waals surface area contributed by atoms with E-state index in [0.717, 1.165) is 13.1 Å². The summed E-state index contributed by atoms with van der Waals surface area (Å²) in [4.78, 5) is 2.52. The first-order valence-electron chi connectivity index (χ1n) is 6.00. The maximum absolute atomic E-state index is 5.88. The van der Waals surface area contributed by atoms with Gasteiger partial charge in [-0.25, -0.2) is 0 Å². The Morgan fingerprint density at radius 1 is 1.53 bits per heavy atom. The predicted molar refractivity (Wildman–Crippen MR) is 64.2 cm³/mol. The van der Waals surface area contributed by atoms with Crippen molar-refractivity contribution in [1.29, 1.82) is 0 Å². The van der Waals surface area contributed by atoms with E-state index in [0.29, 0.717) is 12.1 Å². The van der Waals surface area contributed by atoms with Crippen molar-refractivity contribution in [3.05, 3.63) is 0 Å². The Hall–Kier alpha value is -0.120. The fraction of sp³-hybridized carbons (Fsp3) is 1.00. The van der Waals surface area contributed by atoms with Crippen molar-refractivity contribution in [1.82, 2.24) is 10.2 Å². The quantitative estimate of drug-likeness (QED) is 0.767. The first kappa shape index (κ1) is 12.9. The molecule has 1 N–H and O–H groups in total. The Bertz CT molecular complexity index is 194. The van der Waals surface area contributed by atoms with Crippen molar-refractivity contribution >= 4 is 0 Å². The number of hydrogen-bond donors (Lipinski definition) is 1. The van der Waals surface area contributed by atoms with E-state index in [4.69, 9.17) is 4.74 Å². The highest BCUT2D eigenvalue weighted by Crippen LogP contribution is 2.20. The van der Waals surface area contributed by atoms with Crippen molar-refractivity contribution in [3.8, 4) is 0 Å². The lowest BCUT2D eigenvalue weighted by Gasteiger charge is -2.42. The molecule has 0 aromatic rings. The molecule has 0 aliphatic carbocycles. The van der Waals surface area contributed by atoms with Gasteiger partial charge >= 0.3 is 0 Å². The highest BCUT2D eigenvalue weighted by atomic mass is 16.5. The summed E-state index contributed by atoms with van der Waals surface area (Å²) >= 11 is 0. The molecule has 0 aromatic carbocycles. The lowest BCUT2D eigenvalue weighted by molar-refractivity contribution is -0.129. The third kappa shape index (κ3) is 4.49. The molecule has 0 bridgehead atoms. The number of nitrogens with one attached hydrogen (secondary N) is 1. The lowest BCUT2D eigenvalue weighted by atomic mass is 10.0. The smallest absolute Gasteiger partial charge is 0.0757 e. The minimum absolute atomic E-state index is 0.0144. The number of rotatable bonds is 4. The number of morpholine rings is 1. The Kier molecular flexibility index (Phi) is 4.56. The van der Waals surface area contributed by atoms with Crippen LogP contribution in [0.2, 0.25) is 0 Å². The average molecular weight is 214 g/mol. The molecule has 2 atom stereocenters. The Morgan fingerprint density at radius 2 is 2.20 bits per heavy atom. The Labute approximate surface area is 94.2 Å². The van der Waals surface area contributed by atoms with Crippen LogP contribution in [0.5, 0.6) is 0 Å². The molecule has 0 aromatic heterocycles. The second kappa shape index (κ2) is 5.28. The Balaban J connectivity index is 2.35. The molecule has 0 radical (unpaired) electrons. The van der Waals surface area contributed by atoms with Crippen LogP contribution in [0, 0.1) is 0 Å². The summed E-state index contributed by atoms with van der Waals surface area (Å²) in [5, 5.41) is 3.28. The summed E-state index contributed by atoms with van der Waals surface area (Å²) in [7, 11) is 2.02. The van der Waals surface area contributed by atoms with E-state index in [1.807, 2.05) is 7.05 Å². The van der Waals surface area contributed by atoms with E-state index in [9.17, 15) is 0 Å². The van der Waals surface area contributed by atoms with Gasteiger partial charge in [-0.1, -0.05) is 0 Å². The molecule has 90 valence electrons. The van der Waals surface area contributed by atoms with Crippen molar-refractivity contribution in [3.63, 3.8) is 0 Å². The normalized spacial score (nSPS) is 29.0. The first-order chi connectivity index (χ1) is 6.93. The molecular formula is C12H26N2O. The Morgan fingerprint density at radius 3 is 2.73 bits per heavy atom. The van der Waals surface area contributed by atoms with Crippen molar-refractivity contribution in [2.75, 3.05) is 26.7 Å². The molecule has 3 heteroatoms. The average Bonchev–Trinajstić information content (AvgIpc) is 2.11. The van der Waals surface area contributed by atoms with Crippen molar-refractivity contribution in [2.45, 2.75) is 51.9 Å². The molecule has 1 rings (SSSR count). The van der Waals surface area contributed by atoms with Gasteiger partial charge in [0.05, 0.1) is 11.7 Å². The minimum atomic E-state index is 0.0144. The van der Waals surface area contributed by atoms with Gasteiger partial charge in [0.1, 0.15) is 0 Å². The summed E-state index contributed by atoms with van der Waals surface area (Å²) in [6.45, 7) is 12.0. The molecular weight excluding hydrogens is 188 g/mol. The van der Waals surface area contributed by atoms with Crippen molar-refractivity contribution < 1.29 is 4.74 Å². The van der Waals surface area contributed by atoms with E-state index in [2.05, 4.69) is 37.9 Å². The zero-order valence-electron chi connectivity index (χ0n) is 10.8. The summed E-state index contributed by atoms with van der Waals surface area (Å²) in [5.74, 6) is 0. The fourth-order valence-corrected chi connectivity index (χ4v) is 2.28. The first-order valence-corrected chi connectivity index (χ1v) is 6.00. The molecule has 0 saturated carbocycles. The van der Waals surface area contributed by atoms with Gasteiger partial charge in [0.15, 0.2) is 0 Å². The molecule has 1 aliphatic rings. The largest absolute Gasteiger partial charge is 0.370 e. The topological polar surface area (TPSA) is 24.5 Å². The van der Waals surface area contributed by atoms with Gasteiger partial charge in [-0.15, -0.1) is 0 Å². The van der Waals surface area contributed by atoms with E-state index in [1.165, 1.54) is 13.0 Å². The summed E-state index contributed by atoms with van der Waals surface area (Å²) in [6.07, 6.45) is 1.57. The zero-order chi connectivity index (χ0) is 11.5. The van der Waals surface area contributed by atoms with Crippen LogP contribution < -0.4 is 5.32 Å². The van der Waals surface area contributed by atoms with Crippen LogP contribution in [-0.4, -0.2) is 49.3 Å². The third-order valence-corrected chi connectivity index (χ3v) is 3.01. The van der Waals surface area contributed by atoms with Crippen LogP contribution in [0.4, 0.5) is 0 Å². The maximum Gasteiger partial charge on any atom is 0.0757 e. The van der Waals surface area contributed by atoms with E-state index in [-0.39, 0.29) is 5.60 Å². The summed E-state index contributed by atoms with van der Waals surface area (Å²) in [6, 6.07) is 0.603. The highest BCUT2D eigenvalue weighted by molar-refractivity contribution is 4.82. The molecule has 0 spiro atoms. The van der Waals surface area contributed by atoms with Crippen LogP contribution in [-0.2, 0) is 4.74 Å². The second-order valence-corrected chi connectivity index (χ2v) is 5.40. The zero-order valence-corrected chi connectivity index (χ0v) is 10.8. The standard InChI is InChI=1S/C12H26N2O/c1-10(13-5)6-7-14-8-11(2)15-12(3,4)9-14/h10-11,13H,6-9H2,1-5H3. The minimum Gasteiger partial charge on any atom is -0.370 e. The SMILES string of the molecule is CNC(C)CCN1CC(C)OC(C)(C)C1. The molecule has 1 fully saturated rings. The van der Waals surface area contributed by atoms with Crippen molar-refractivity contribution in [2.24, 2.45) is 0 Å². The highest BCUT2D eigenvalue weighted by Gasteiger charge is 2.30. The van der Waals surface area contributed by atoms with Gasteiger partial charge in [0, 0.05) is 19.1 Å². The summed E-state index contributed by atoms with van der Waals surface area (Å²) in [5.41, 5.74) is 0.0144. The molecule has 15 heavy (non-hydrogen) atoms. The van der Waals surface area contributed by atoms with Gasteiger partial charge in [0.25, 0.3) is 0 Å². The van der Waals surface area contributed by atoms with Crippen LogP contribution >= 0.6 is 0 Å². The molecule has 1 aliphatic heterocycles. The molecule has 1 heterocycles. The maximum atomic E-state index is 5.88. The van der Waals surface area contributed by atoms with E-state index >= 15 is 0 Å². The van der Waals surface area contributed by atoms with Gasteiger partial charge in [0.2, 0.25) is 0 Å². The number of nitrogens with zero attached hydrogens (tertiary/aromatic N) is 1. The second-order valence-electron chi connectivity index (χ2n) is 5.40. The predicted octanol–water partition coefficient (Wildman–Crippen LogP) is 1.48. The number of ether oxygens (including phenoxy) is 1. The van der Waals surface area contributed by atoms with Crippen LogP contribution in [0.25, 0.3) is 0 Å². The van der Waals surface area contributed by atoms with Gasteiger partial charge in [-0.3, -0.25) is 4.90 Å². The van der Waals surface area contributed by atoms with Crippen LogP contribution in [0.3, 0.4) is 0 Å². The summed E-state index contributed by atoms with van der Waals surface area (Å²) < 4.78 is 5.88. The monoisotopic (exact) mass is 214 g/mol. The molecule has 2 unspecified atom stereocenters. The van der Waals surface area contributed by atoms with Crippen LogP contribution in [0.1, 0.15) is 34.1 Å². The third-order valence-electron chi connectivity index (χ3n) is 3.01.